The van der Waals surface area contributed by atoms with E-state index in [0.29, 0.717) is 17.1 Å². The summed E-state index contributed by atoms with van der Waals surface area (Å²) in [4.78, 5) is 0.0418. The van der Waals surface area contributed by atoms with Gasteiger partial charge in [-0.3, -0.25) is 4.72 Å². The highest BCUT2D eigenvalue weighted by Gasteiger charge is 2.25. The van der Waals surface area contributed by atoms with Gasteiger partial charge in [-0.15, -0.1) is 0 Å². The van der Waals surface area contributed by atoms with Crippen molar-refractivity contribution in [2.75, 3.05) is 4.72 Å². The van der Waals surface area contributed by atoms with Crippen molar-refractivity contribution in [2.24, 2.45) is 0 Å². The molecule has 0 unspecified atom stereocenters. The third-order valence-corrected chi connectivity index (χ3v) is 5.30. The first-order valence-corrected chi connectivity index (χ1v) is 8.90. The molecule has 130 valence electrons. The van der Waals surface area contributed by atoms with Gasteiger partial charge in [0.2, 0.25) is 0 Å². The summed E-state index contributed by atoms with van der Waals surface area (Å²) >= 11 is 0. The molecule has 0 atom stereocenters. The van der Waals surface area contributed by atoms with E-state index in [2.05, 4.69) is 9.82 Å². The molecular weight excluding hydrogens is 345 g/mol. The lowest BCUT2D eigenvalue weighted by Crippen LogP contribution is -2.15. The van der Waals surface area contributed by atoms with Crippen LogP contribution >= 0.6 is 0 Å². The summed E-state index contributed by atoms with van der Waals surface area (Å²) in [6.45, 7) is 3.21. The third-order valence-electron chi connectivity index (χ3n) is 3.66. The van der Waals surface area contributed by atoms with Crippen LogP contribution in [0.2, 0.25) is 0 Å². The topological polar surface area (TPSA) is 84.2 Å². The van der Waals surface area contributed by atoms with Gasteiger partial charge in [0.15, 0.2) is 0 Å². The van der Waals surface area contributed by atoms with E-state index in [1.54, 1.807) is 13.8 Å². The summed E-state index contributed by atoms with van der Waals surface area (Å²) in [5.74, 6) is -0.431. The number of phenolic OH excluding ortho intramolecular Hbond substituents is 1. The summed E-state index contributed by atoms with van der Waals surface area (Å²) in [6.07, 6.45) is 0. The van der Waals surface area contributed by atoms with Crippen LogP contribution in [0, 0.1) is 19.7 Å². The number of rotatable bonds is 4. The summed E-state index contributed by atoms with van der Waals surface area (Å²) < 4.78 is 42.5. The second-order valence-electron chi connectivity index (χ2n) is 5.54. The van der Waals surface area contributed by atoms with Gasteiger partial charge in [0.05, 0.1) is 22.8 Å². The molecule has 6 nitrogen and oxygen atoms in total. The summed E-state index contributed by atoms with van der Waals surface area (Å²) in [5.41, 5.74) is 1.51. The molecule has 0 fully saturated rings. The normalized spacial score (nSPS) is 11.5. The highest BCUT2D eigenvalue weighted by atomic mass is 32.2. The van der Waals surface area contributed by atoms with Crippen molar-refractivity contribution in [3.8, 4) is 11.4 Å². The average Bonchev–Trinajstić information content (AvgIpc) is 2.83. The van der Waals surface area contributed by atoms with Crippen molar-refractivity contribution in [2.45, 2.75) is 18.7 Å². The lowest BCUT2D eigenvalue weighted by molar-refractivity contribution is 0.475. The quantitative estimate of drug-likeness (QED) is 0.748. The van der Waals surface area contributed by atoms with Crippen LogP contribution < -0.4 is 4.72 Å². The number of hydrogen-bond donors (Lipinski definition) is 2. The molecule has 2 N–H and O–H groups in total. The SMILES string of the molecule is Cc1nn(-c2ccc(F)cc2)c(C)c1S(=O)(=O)Nc1cccc(O)c1. The molecule has 0 amide bonds. The van der Waals surface area contributed by atoms with Crippen LogP contribution in [0.5, 0.6) is 5.75 Å². The Morgan fingerprint density at radius 2 is 1.80 bits per heavy atom. The second kappa shape index (κ2) is 6.21. The van der Waals surface area contributed by atoms with Crippen LogP contribution in [0.25, 0.3) is 5.69 Å². The molecule has 2 aromatic carbocycles. The zero-order chi connectivity index (χ0) is 18.2. The van der Waals surface area contributed by atoms with Crippen molar-refractivity contribution < 1.29 is 17.9 Å². The minimum absolute atomic E-state index is 0.0418. The molecule has 0 aliphatic heterocycles. The molecule has 25 heavy (non-hydrogen) atoms. The number of halogens is 1. The number of aromatic nitrogens is 2. The fraction of sp³-hybridized carbons (Fsp3) is 0.118. The van der Waals surface area contributed by atoms with Crippen molar-refractivity contribution in [1.82, 2.24) is 9.78 Å². The largest absolute Gasteiger partial charge is 0.508 e. The first-order valence-electron chi connectivity index (χ1n) is 7.42. The molecule has 3 aromatic rings. The van der Waals surface area contributed by atoms with Crippen LogP contribution in [-0.4, -0.2) is 23.3 Å². The standard InChI is InChI=1S/C17H16FN3O3S/c1-11-17(25(23,24)20-14-4-3-5-16(22)10-14)12(2)21(19-11)15-8-6-13(18)7-9-15/h3-10,20,22H,1-2H3. The smallest absolute Gasteiger partial charge is 0.265 e. The molecule has 0 radical (unpaired) electrons. The Kier molecular flexibility index (Phi) is 4.22. The number of sulfonamides is 1. The number of nitrogens with one attached hydrogen (secondary N) is 1. The fourth-order valence-corrected chi connectivity index (χ4v) is 4.07. The van der Waals surface area contributed by atoms with E-state index in [1.807, 2.05) is 0 Å². The molecule has 1 heterocycles. The van der Waals surface area contributed by atoms with Crippen LogP contribution in [0.4, 0.5) is 10.1 Å². The van der Waals surface area contributed by atoms with Gasteiger partial charge in [0.1, 0.15) is 16.5 Å². The number of nitrogens with zero attached hydrogens (tertiary/aromatic N) is 2. The van der Waals surface area contributed by atoms with Crippen LogP contribution in [0.15, 0.2) is 53.4 Å². The number of anilines is 1. The van der Waals surface area contributed by atoms with E-state index >= 15 is 0 Å². The average molecular weight is 361 g/mol. The maximum absolute atomic E-state index is 13.1. The van der Waals surface area contributed by atoms with Crippen molar-refractivity contribution in [3.63, 3.8) is 0 Å². The van der Waals surface area contributed by atoms with Gasteiger partial charge in [-0.1, -0.05) is 6.07 Å². The van der Waals surface area contributed by atoms with Gasteiger partial charge in [-0.2, -0.15) is 5.10 Å². The monoisotopic (exact) mass is 361 g/mol. The Labute approximate surface area is 144 Å². The van der Waals surface area contributed by atoms with Crippen molar-refractivity contribution in [3.05, 3.63) is 65.7 Å². The lowest BCUT2D eigenvalue weighted by Gasteiger charge is -2.09. The molecule has 0 saturated carbocycles. The zero-order valence-electron chi connectivity index (χ0n) is 13.6. The number of phenols is 1. The maximum Gasteiger partial charge on any atom is 0.265 e. The lowest BCUT2D eigenvalue weighted by atomic mass is 10.3. The Morgan fingerprint density at radius 3 is 2.44 bits per heavy atom. The molecule has 8 heteroatoms. The highest BCUT2D eigenvalue weighted by molar-refractivity contribution is 7.92. The molecule has 0 aliphatic carbocycles. The molecule has 1 aromatic heterocycles. The van der Waals surface area contributed by atoms with Gasteiger partial charge in [-0.05, 0) is 50.2 Å². The Hall–Kier alpha value is -2.87. The van der Waals surface area contributed by atoms with E-state index in [9.17, 15) is 17.9 Å². The van der Waals surface area contributed by atoms with Gasteiger partial charge < -0.3 is 5.11 Å². The summed E-state index contributed by atoms with van der Waals surface area (Å²) in [6, 6.07) is 11.4. The van der Waals surface area contributed by atoms with Crippen molar-refractivity contribution >= 4 is 15.7 Å². The maximum atomic E-state index is 13.1. The minimum atomic E-state index is -3.91. The Balaban J connectivity index is 2.03. The first-order chi connectivity index (χ1) is 11.8. The van der Waals surface area contributed by atoms with Gasteiger partial charge in [-0.25, -0.2) is 17.5 Å². The molecule has 0 aliphatic rings. The van der Waals surface area contributed by atoms with E-state index < -0.39 is 10.0 Å². The van der Waals surface area contributed by atoms with E-state index in [4.69, 9.17) is 0 Å². The second-order valence-corrected chi connectivity index (χ2v) is 7.16. The van der Waals surface area contributed by atoms with Gasteiger partial charge in [0.25, 0.3) is 10.0 Å². The van der Waals surface area contributed by atoms with Gasteiger partial charge in [0, 0.05) is 6.07 Å². The van der Waals surface area contributed by atoms with Crippen LogP contribution in [0.1, 0.15) is 11.4 Å². The zero-order valence-corrected chi connectivity index (χ0v) is 14.4. The molecule has 0 spiro atoms. The Bertz CT molecular complexity index is 1030. The van der Waals surface area contributed by atoms with E-state index in [-0.39, 0.29) is 22.1 Å². The number of hydrogen-bond acceptors (Lipinski definition) is 4. The highest BCUT2D eigenvalue weighted by Crippen LogP contribution is 2.26. The molecule has 0 saturated heterocycles. The van der Waals surface area contributed by atoms with Crippen molar-refractivity contribution in [1.29, 1.82) is 0 Å². The molecular formula is C17H16FN3O3S. The van der Waals surface area contributed by atoms with E-state index in [0.717, 1.165) is 0 Å². The fourth-order valence-electron chi connectivity index (χ4n) is 2.63. The van der Waals surface area contributed by atoms with E-state index in [1.165, 1.54) is 53.2 Å². The number of aromatic hydroxyl groups is 1. The predicted molar refractivity (Wildman–Crippen MR) is 91.9 cm³/mol. The van der Waals surface area contributed by atoms with Crippen LogP contribution in [-0.2, 0) is 10.0 Å². The number of benzene rings is 2. The van der Waals surface area contributed by atoms with Gasteiger partial charge >= 0.3 is 0 Å². The predicted octanol–water partition coefficient (Wildman–Crippen LogP) is 3.13. The first kappa shape index (κ1) is 17.0. The molecule has 0 bridgehead atoms. The number of aryl methyl sites for hydroxylation is 1. The minimum Gasteiger partial charge on any atom is -0.508 e. The third kappa shape index (κ3) is 3.34. The molecule has 3 rings (SSSR count). The summed E-state index contributed by atoms with van der Waals surface area (Å²) in [7, 11) is -3.91. The Morgan fingerprint density at radius 1 is 1.12 bits per heavy atom. The van der Waals surface area contributed by atoms with Crippen LogP contribution in [0.3, 0.4) is 0 Å². The summed E-state index contributed by atoms with van der Waals surface area (Å²) in [5, 5.41) is 13.7.